The molecule has 0 aliphatic rings. The molecule has 1 heterocycles. The Morgan fingerprint density at radius 2 is 1.81 bits per heavy atom. The maximum atomic E-state index is 9.94. The van der Waals surface area contributed by atoms with Crippen LogP contribution in [-0.4, -0.2) is 33.5 Å². The van der Waals surface area contributed by atoms with Gasteiger partial charge in [-0.3, -0.25) is 0 Å². The van der Waals surface area contributed by atoms with Gasteiger partial charge in [0.05, 0.1) is 6.10 Å². The van der Waals surface area contributed by atoms with Crippen LogP contribution in [0.1, 0.15) is 11.4 Å². The van der Waals surface area contributed by atoms with E-state index in [1.807, 2.05) is 19.9 Å². The monoisotopic (exact) mass is 324 g/mol. The first-order chi connectivity index (χ1) is 10.0. The second kappa shape index (κ2) is 7.64. The first-order valence-electron chi connectivity index (χ1n) is 6.54. The van der Waals surface area contributed by atoms with Crippen LogP contribution >= 0.6 is 23.4 Å². The van der Waals surface area contributed by atoms with Gasteiger partial charge in [0, 0.05) is 22.2 Å². The second-order valence-electron chi connectivity index (χ2n) is 4.66. The number of aliphatic hydroxyl groups excluding tert-OH is 1. The minimum Gasteiger partial charge on any atom is -0.491 e. The average molecular weight is 325 g/mol. The number of aliphatic hydroxyl groups is 1. The number of halogens is 1. The van der Waals surface area contributed by atoms with Gasteiger partial charge in [-0.2, -0.15) is 0 Å². The van der Waals surface area contributed by atoms with Crippen LogP contribution in [0.5, 0.6) is 5.75 Å². The molecule has 0 spiro atoms. The van der Waals surface area contributed by atoms with E-state index >= 15 is 0 Å². The van der Waals surface area contributed by atoms with Gasteiger partial charge in [-0.05, 0) is 44.2 Å². The molecule has 0 aliphatic carbocycles. The number of ether oxygens (including phenoxy) is 1. The summed E-state index contributed by atoms with van der Waals surface area (Å²) in [4.78, 5) is 8.64. The Balaban J connectivity index is 1.79. The minimum atomic E-state index is -0.588. The predicted octanol–water partition coefficient (Wildman–Crippen LogP) is 3.28. The van der Waals surface area contributed by atoms with Crippen molar-refractivity contribution in [3.63, 3.8) is 0 Å². The van der Waals surface area contributed by atoms with Gasteiger partial charge >= 0.3 is 0 Å². The van der Waals surface area contributed by atoms with Crippen molar-refractivity contribution in [2.45, 2.75) is 25.1 Å². The highest BCUT2D eigenvalue weighted by Gasteiger charge is 2.08. The normalized spacial score (nSPS) is 12.2. The maximum absolute atomic E-state index is 9.94. The Morgan fingerprint density at radius 3 is 2.43 bits per heavy atom. The van der Waals surface area contributed by atoms with E-state index in [0.717, 1.165) is 11.4 Å². The standard InChI is InChI=1S/C15H17ClN2O2S/c1-10-7-11(2)18-15(17-10)21-9-13(19)8-20-14-5-3-12(16)4-6-14/h3-7,13,19H,8-9H2,1-2H3/t13-/m1/s1. The number of aryl methyl sites for hydroxylation is 2. The van der Waals surface area contributed by atoms with E-state index < -0.39 is 6.10 Å². The zero-order chi connectivity index (χ0) is 15.2. The third-order valence-corrected chi connectivity index (χ3v) is 3.87. The number of rotatable bonds is 6. The Hall–Kier alpha value is -1.30. The van der Waals surface area contributed by atoms with Crippen molar-refractivity contribution in [1.82, 2.24) is 9.97 Å². The molecule has 1 aromatic heterocycles. The third kappa shape index (κ3) is 5.53. The summed E-state index contributed by atoms with van der Waals surface area (Å²) in [6.07, 6.45) is -0.588. The molecule has 2 rings (SSSR count). The van der Waals surface area contributed by atoms with Crippen LogP contribution in [0.4, 0.5) is 0 Å². The molecule has 0 saturated heterocycles. The summed E-state index contributed by atoms with van der Waals surface area (Å²) in [6.45, 7) is 4.08. The quantitative estimate of drug-likeness (QED) is 0.653. The van der Waals surface area contributed by atoms with Crippen LogP contribution in [0.2, 0.25) is 5.02 Å². The lowest BCUT2D eigenvalue weighted by Gasteiger charge is -2.12. The molecule has 0 radical (unpaired) electrons. The highest BCUT2D eigenvalue weighted by molar-refractivity contribution is 7.99. The van der Waals surface area contributed by atoms with Crippen molar-refractivity contribution in [1.29, 1.82) is 0 Å². The summed E-state index contributed by atoms with van der Waals surface area (Å²) >= 11 is 7.22. The van der Waals surface area contributed by atoms with Gasteiger partial charge in [0.15, 0.2) is 5.16 Å². The highest BCUT2D eigenvalue weighted by atomic mass is 35.5. The fourth-order valence-corrected chi connectivity index (χ4v) is 2.68. The molecule has 1 atom stereocenters. The third-order valence-electron chi connectivity index (χ3n) is 2.62. The van der Waals surface area contributed by atoms with E-state index in [4.69, 9.17) is 16.3 Å². The number of hydrogen-bond donors (Lipinski definition) is 1. The zero-order valence-electron chi connectivity index (χ0n) is 11.9. The fourth-order valence-electron chi connectivity index (χ4n) is 1.70. The maximum Gasteiger partial charge on any atom is 0.188 e. The Labute approximate surface area is 133 Å². The number of nitrogens with zero attached hydrogens (tertiary/aromatic N) is 2. The number of thioether (sulfide) groups is 1. The molecule has 1 aromatic carbocycles. The van der Waals surface area contributed by atoms with Gasteiger partial charge < -0.3 is 9.84 Å². The lowest BCUT2D eigenvalue weighted by molar-refractivity contribution is 0.126. The van der Waals surface area contributed by atoms with Crippen molar-refractivity contribution in [2.75, 3.05) is 12.4 Å². The first kappa shape index (κ1) is 16.1. The molecule has 0 bridgehead atoms. The summed E-state index contributed by atoms with van der Waals surface area (Å²) in [5, 5.41) is 11.3. The van der Waals surface area contributed by atoms with E-state index in [2.05, 4.69) is 9.97 Å². The van der Waals surface area contributed by atoms with Crippen molar-refractivity contribution in [3.05, 3.63) is 46.7 Å². The van der Waals surface area contributed by atoms with Crippen LogP contribution in [0.25, 0.3) is 0 Å². The smallest absolute Gasteiger partial charge is 0.188 e. The van der Waals surface area contributed by atoms with Gasteiger partial charge in [0.25, 0.3) is 0 Å². The van der Waals surface area contributed by atoms with Crippen molar-refractivity contribution >= 4 is 23.4 Å². The van der Waals surface area contributed by atoms with E-state index in [1.165, 1.54) is 11.8 Å². The molecule has 6 heteroatoms. The lowest BCUT2D eigenvalue weighted by atomic mass is 10.3. The van der Waals surface area contributed by atoms with Crippen LogP contribution in [0.15, 0.2) is 35.5 Å². The molecule has 1 N–H and O–H groups in total. The van der Waals surface area contributed by atoms with E-state index in [0.29, 0.717) is 21.7 Å². The van der Waals surface area contributed by atoms with Crippen LogP contribution in [-0.2, 0) is 0 Å². The predicted molar refractivity (Wildman–Crippen MR) is 85.2 cm³/mol. The number of benzene rings is 1. The molecule has 4 nitrogen and oxygen atoms in total. The molecular weight excluding hydrogens is 308 g/mol. The summed E-state index contributed by atoms with van der Waals surface area (Å²) < 4.78 is 5.50. The Kier molecular flexibility index (Phi) is 5.85. The summed E-state index contributed by atoms with van der Waals surface area (Å²) in [7, 11) is 0. The molecule has 112 valence electrons. The van der Waals surface area contributed by atoms with Crippen molar-refractivity contribution in [2.24, 2.45) is 0 Å². The van der Waals surface area contributed by atoms with Gasteiger partial charge in [-0.15, -0.1) is 0 Å². The van der Waals surface area contributed by atoms with Gasteiger partial charge in [0.1, 0.15) is 12.4 Å². The van der Waals surface area contributed by atoms with Crippen LogP contribution in [0.3, 0.4) is 0 Å². The molecule has 0 saturated carbocycles. The average Bonchev–Trinajstić information content (AvgIpc) is 2.43. The van der Waals surface area contributed by atoms with Gasteiger partial charge in [-0.1, -0.05) is 23.4 Å². The van der Waals surface area contributed by atoms with E-state index in [-0.39, 0.29) is 6.61 Å². The zero-order valence-corrected chi connectivity index (χ0v) is 13.5. The fraction of sp³-hybridized carbons (Fsp3) is 0.333. The van der Waals surface area contributed by atoms with Crippen LogP contribution in [0, 0.1) is 13.8 Å². The topological polar surface area (TPSA) is 55.2 Å². The molecule has 2 aromatic rings. The molecule has 0 unspecified atom stereocenters. The van der Waals surface area contributed by atoms with Crippen molar-refractivity contribution < 1.29 is 9.84 Å². The molecular formula is C15H17ClN2O2S. The largest absolute Gasteiger partial charge is 0.491 e. The number of hydrogen-bond acceptors (Lipinski definition) is 5. The van der Waals surface area contributed by atoms with Crippen LogP contribution < -0.4 is 4.74 Å². The van der Waals surface area contributed by atoms with Gasteiger partial charge in [-0.25, -0.2) is 9.97 Å². The molecule has 0 amide bonds. The molecule has 0 aliphatic heterocycles. The van der Waals surface area contributed by atoms with Gasteiger partial charge in [0.2, 0.25) is 0 Å². The Morgan fingerprint density at radius 1 is 1.19 bits per heavy atom. The van der Waals surface area contributed by atoms with E-state index in [1.54, 1.807) is 24.3 Å². The lowest BCUT2D eigenvalue weighted by Crippen LogP contribution is -2.20. The minimum absolute atomic E-state index is 0.222. The summed E-state index contributed by atoms with van der Waals surface area (Å²) in [5.74, 6) is 1.17. The molecule has 21 heavy (non-hydrogen) atoms. The highest BCUT2D eigenvalue weighted by Crippen LogP contribution is 2.18. The summed E-state index contributed by atoms with van der Waals surface area (Å²) in [6, 6.07) is 8.97. The Bertz CT molecular complexity index is 572. The van der Waals surface area contributed by atoms with Crippen molar-refractivity contribution in [3.8, 4) is 5.75 Å². The molecule has 0 fully saturated rings. The van der Waals surface area contributed by atoms with E-state index in [9.17, 15) is 5.11 Å². The first-order valence-corrected chi connectivity index (χ1v) is 7.91. The SMILES string of the molecule is Cc1cc(C)nc(SC[C@H](O)COc2ccc(Cl)cc2)n1. The second-order valence-corrected chi connectivity index (χ2v) is 6.09. The summed E-state index contributed by atoms with van der Waals surface area (Å²) in [5.41, 5.74) is 1.86. The number of aromatic nitrogens is 2.